The summed E-state index contributed by atoms with van der Waals surface area (Å²) in [6, 6.07) is 1.66. The van der Waals surface area contributed by atoms with Crippen molar-refractivity contribution in [3.8, 4) is 0 Å². The fourth-order valence-corrected chi connectivity index (χ4v) is 1.90. The predicted octanol–water partition coefficient (Wildman–Crippen LogP) is 1.60. The summed E-state index contributed by atoms with van der Waals surface area (Å²) in [6.07, 6.45) is 3.17. The molecule has 0 aliphatic carbocycles. The molecule has 0 spiro atoms. The SMILES string of the molecule is Cc1cc(C(=O)CCCS(C)(=O)=O)co1. The molecule has 0 amide bonds. The number of hydrogen-bond acceptors (Lipinski definition) is 4. The molecular weight excluding hydrogens is 216 g/mol. The number of furan rings is 1. The highest BCUT2D eigenvalue weighted by Gasteiger charge is 2.10. The number of sulfone groups is 1. The van der Waals surface area contributed by atoms with E-state index < -0.39 is 9.84 Å². The van der Waals surface area contributed by atoms with Crippen LogP contribution in [0.4, 0.5) is 0 Å². The topological polar surface area (TPSA) is 64.3 Å². The van der Waals surface area contributed by atoms with Crippen molar-refractivity contribution in [3.05, 3.63) is 23.7 Å². The lowest BCUT2D eigenvalue weighted by Gasteiger charge is -1.97. The lowest BCUT2D eigenvalue weighted by molar-refractivity contribution is 0.0981. The van der Waals surface area contributed by atoms with Crippen molar-refractivity contribution in [1.29, 1.82) is 0 Å². The van der Waals surface area contributed by atoms with Crippen molar-refractivity contribution in [3.63, 3.8) is 0 Å². The monoisotopic (exact) mass is 230 g/mol. The van der Waals surface area contributed by atoms with Crippen molar-refractivity contribution in [2.75, 3.05) is 12.0 Å². The molecule has 0 bridgehead atoms. The summed E-state index contributed by atoms with van der Waals surface area (Å²) in [5.74, 6) is 0.659. The van der Waals surface area contributed by atoms with Gasteiger partial charge in [-0.15, -0.1) is 0 Å². The fraction of sp³-hybridized carbons (Fsp3) is 0.500. The first-order valence-electron chi connectivity index (χ1n) is 4.64. The third-order valence-electron chi connectivity index (χ3n) is 1.97. The van der Waals surface area contributed by atoms with Gasteiger partial charge in [0.2, 0.25) is 0 Å². The molecule has 0 radical (unpaired) electrons. The van der Waals surface area contributed by atoms with E-state index in [1.807, 2.05) is 0 Å². The van der Waals surface area contributed by atoms with Gasteiger partial charge in [0.25, 0.3) is 0 Å². The number of hydrogen-bond donors (Lipinski definition) is 0. The van der Waals surface area contributed by atoms with E-state index in [9.17, 15) is 13.2 Å². The molecule has 0 aromatic carbocycles. The zero-order valence-electron chi connectivity index (χ0n) is 8.82. The second-order valence-electron chi connectivity index (χ2n) is 3.60. The molecule has 0 unspecified atom stereocenters. The second-order valence-corrected chi connectivity index (χ2v) is 5.86. The molecular formula is C10H14O4S. The van der Waals surface area contributed by atoms with Crippen molar-refractivity contribution in [1.82, 2.24) is 0 Å². The predicted molar refractivity (Wildman–Crippen MR) is 56.7 cm³/mol. The highest BCUT2D eigenvalue weighted by Crippen LogP contribution is 2.10. The Balaban J connectivity index is 2.44. The Morgan fingerprint density at radius 2 is 2.13 bits per heavy atom. The highest BCUT2D eigenvalue weighted by atomic mass is 32.2. The van der Waals surface area contributed by atoms with E-state index in [1.54, 1.807) is 13.0 Å². The van der Waals surface area contributed by atoms with E-state index in [2.05, 4.69) is 0 Å². The Kier molecular flexibility index (Phi) is 3.68. The van der Waals surface area contributed by atoms with Crippen LogP contribution in [0.25, 0.3) is 0 Å². The molecule has 0 atom stereocenters. The lowest BCUT2D eigenvalue weighted by atomic mass is 10.1. The molecule has 1 aromatic rings. The first-order valence-corrected chi connectivity index (χ1v) is 6.70. The third-order valence-corrected chi connectivity index (χ3v) is 3.00. The zero-order chi connectivity index (χ0) is 11.5. The lowest BCUT2D eigenvalue weighted by Crippen LogP contribution is -2.06. The summed E-state index contributed by atoms with van der Waals surface area (Å²) in [7, 11) is -2.97. The van der Waals surface area contributed by atoms with E-state index in [4.69, 9.17) is 4.42 Å². The molecule has 1 heterocycles. The van der Waals surface area contributed by atoms with Gasteiger partial charge in [-0.05, 0) is 19.4 Å². The third kappa shape index (κ3) is 4.29. The van der Waals surface area contributed by atoms with Gasteiger partial charge in [0.05, 0.1) is 11.3 Å². The van der Waals surface area contributed by atoms with Crippen LogP contribution in [0.15, 0.2) is 16.7 Å². The average molecular weight is 230 g/mol. The van der Waals surface area contributed by atoms with E-state index in [1.165, 1.54) is 12.5 Å². The van der Waals surface area contributed by atoms with Crippen molar-refractivity contribution < 1.29 is 17.6 Å². The molecule has 0 saturated heterocycles. The summed E-state index contributed by atoms with van der Waals surface area (Å²) < 4.78 is 26.6. The van der Waals surface area contributed by atoms with E-state index in [-0.39, 0.29) is 18.0 Å². The number of Topliss-reactive ketones (excluding diaryl/α,β-unsaturated/α-hetero) is 1. The summed E-state index contributed by atoms with van der Waals surface area (Å²) in [5.41, 5.74) is 0.515. The van der Waals surface area contributed by atoms with Gasteiger partial charge in [0.15, 0.2) is 5.78 Å². The Hall–Kier alpha value is -1.10. The van der Waals surface area contributed by atoms with Crippen LogP contribution in [0.5, 0.6) is 0 Å². The minimum Gasteiger partial charge on any atom is -0.469 e. The number of aryl methyl sites for hydroxylation is 1. The van der Waals surface area contributed by atoms with Crippen LogP contribution in [-0.4, -0.2) is 26.2 Å². The van der Waals surface area contributed by atoms with Crippen LogP contribution in [-0.2, 0) is 9.84 Å². The summed E-state index contributed by atoms with van der Waals surface area (Å²) >= 11 is 0. The van der Waals surface area contributed by atoms with Crippen molar-refractivity contribution >= 4 is 15.6 Å². The molecule has 1 aromatic heterocycles. The van der Waals surface area contributed by atoms with Gasteiger partial charge in [0.1, 0.15) is 21.9 Å². The van der Waals surface area contributed by atoms with Crippen molar-refractivity contribution in [2.45, 2.75) is 19.8 Å². The molecule has 0 N–H and O–H groups in total. The Bertz CT molecular complexity index is 442. The highest BCUT2D eigenvalue weighted by molar-refractivity contribution is 7.90. The van der Waals surface area contributed by atoms with Crippen LogP contribution in [0.1, 0.15) is 29.0 Å². The van der Waals surface area contributed by atoms with Crippen LogP contribution < -0.4 is 0 Å². The van der Waals surface area contributed by atoms with Gasteiger partial charge in [0, 0.05) is 12.7 Å². The summed E-state index contributed by atoms with van der Waals surface area (Å²) in [6.45, 7) is 1.76. The fourth-order valence-electron chi connectivity index (χ4n) is 1.23. The van der Waals surface area contributed by atoms with Gasteiger partial charge in [-0.2, -0.15) is 0 Å². The Labute approximate surface area is 89.2 Å². The van der Waals surface area contributed by atoms with E-state index in [0.717, 1.165) is 0 Å². The number of carbonyl (C=O) groups is 1. The molecule has 0 aliphatic rings. The molecule has 0 saturated carbocycles. The van der Waals surface area contributed by atoms with E-state index in [0.29, 0.717) is 17.7 Å². The molecule has 0 fully saturated rings. The molecule has 0 aliphatic heterocycles. The van der Waals surface area contributed by atoms with Gasteiger partial charge in [-0.1, -0.05) is 0 Å². The van der Waals surface area contributed by atoms with Gasteiger partial charge < -0.3 is 4.42 Å². The van der Waals surface area contributed by atoms with Crippen LogP contribution in [0, 0.1) is 6.92 Å². The second kappa shape index (κ2) is 4.61. The largest absolute Gasteiger partial charge is 0.469 e. The summed E-state index contributed by atoms with van der Waals surface area (Å²) in [4.78, 5) is 11.5. The minimum absolute atomic E-state index is 0.0512. The maximum absolute atomic E-state index is 11.5. The molecule has 84 valence electrons. The smallest absolute Gasteiger partial charge is 0.166 e. The molecule has 15 heavy (non-hydrogen) atoms. The number of ketones is 1. The standard InChI is InChI=1S/C10H14O4S/c1-8-6-9(7-14-8)10(11)4-3-5-15(2,12)13/h6-7H,3-5H2,1-2H3. The maximum atomic E-state index is 11.5. The summed E-state index contributed by atoms with van der Waals surface area (Å²) in [5, 5.41) is 0. The van der Waals surface area contributed by atoms with Crippen LogP contribution in [0.2, 0.25) is 0 Å². The quantitative estimate of drug-likeness (QED) is 0.721. The first-order chi connectivity index (χ1) is 6.88. The van der Waals surface area contributed by atoms with Crippen LogP contribution >= 0.6 is 0 Å². The Morgan fingerprint density at radius 3 is 2.60 bits per heavy atom. The Morgan fingerprint density at radius 1 is 1.47 bits per heavy atom. The molecule has 5 heteroatoms. The first kappa shape index (κ1) is 12.0. The zero-order valence-corrected chi connectivity index (χ0v) is 9.63. The maximum Gasteiger partial charge on any atom is 0.166 e. The minimum atomic E-state index is -2.97. The van der Waals surface area contributed by atoms with E-state index >= 15 is 0 Å². The normalized spacial score (nSPS) is 11.6. The van der Waals surface area contributed by atoms with Gasteiger partial charge in [-0.3, -0.25) is 4.79 Å². The van der Waals surface area contributed by atoms with Crippen LogP contribution in [0.3, 0.4) is 0 Å². The number of rotatable bonds is 5. The molecule has 4 nitrogen and oxygen atoms in total. The number of carbonyl (C=O) groups excluding carboxylic acids is 1. The molecule has 1 rings (SSSR count). The van der Waals surface area contributed by atoms with Gasteiger partial charge in [-0.25, -0.2) is 8.42 Å². The average Bonchev–Trinajstić information content (AvgIpc) is 2.49. The van der Waals surface area contributed by atoms with Crippen molar-refractivity contribution in [2.24, 2.45) is 0 Å². The van der Waals surface area contributed by atoms with Gasteiger partial charge >= 0.3 is 0 Å².